The molecular formula is C67H91ClF2N12O5. The summed E-state index contributed by atoms with van der Waals surface area (Å²) >= 11 is 6.34. The number of piperazine rings is 2. The van der Waals surface area contributed by atoms with Gasteiger partial charge in [0.2, 0.25) is 23.6 Å². The van der Waals surface area contributed by atoms with Crippen LogP contribution in [0, 0.1) is 23.5 Å². The zero-order valence-electron chi connectivity index (χ0n) is 51.4. The highest BCUT2D eigenvalue weighted by molar-refractivity contribution is 6.30. The molecule has 0 bridgehead atoms. The summed E-state index contributed by atoms with van der Waals surface area (Å²) in [5.41, 5.74) is 5.11. The number of likely N-dealkylation sites (tertiary alicyclic amines) is 2. The lowest BCUT2D eigenvalue weighted by Gasteiger charge is -2.41. The topological polar surface area (TPSA) is 170 Å². The fourth-order valence-corrected chi connectivity index (χ4v) is 14.4. The maximum absolute atomic E-state index is 14.5. The summed E-state index contributed by atoms with van der Waals surface area (Å²) < 4.78 is 27.6. The summed E-state index contributed by atoms with van der Waals surface area (Å²) in [6, 6.07) is 18.2. The standard InChI is InChI=1S/C67H91ClF2N12O5/c1-46(2)81(43-57(49-15-18-55(68)19-16-49)66(86)79-35-33-78(34-36-79)64-62-47(3)14-21-59(62)73-45-74-64)28-24-72-60(83)44-76-26-22-48(23-27-76)41-77-29-31-80(32-30-77)67(87)63(50-9-5-4-6-10-50)75-65(85)52-12-7-11-51(37-52)54-13-8-25-82(42-54)61(84)40-71-39-53-17-20-56(69)38-58(53)70/h7,11-12,15-20,37-38,45-48,50,54,57,63,71H,4-6,8-10,13-14,21-36,39-44H2,1-3H3,(H,72,83)(H,75,85). The molecule has 0 radical (unpaired) electrons. The molecular weight excluding hydrogens is 1130 g/mol. The second-order valence-corrected chi connectivity index (χ2v) is 26.1. The van der Waals surface area contributed by atoms with Gasteiger partial charge in [-0.1, -0.05) is 68.1 Å². The number of hydrogen-bond acceptors (Lipinski definition) is 12. The number of hydrogen-bond donors (Lipinski definition) is 3. The van der Waals surface area contributed by atoms with Crippen LogP contribution in [-0.4, -0.2) is 199 Å². The molecule has 4 aromatic rings. The molecule has 1 saturated carbocycles. The van der Waals surface area contributed by atoms with Crippen molar-refractivity contribution in [3.63, 3.8) is 0 Å². The van der Waals surface area contributed by atoms with Gasteiger partial charge in [-0.05, 0) is 138 Å². The lowest BCUT2D eigenvalue weighted by atomic mass is 9.83. The number of rotatable bonds is 22. The van der Waals surface area contributed by atoms with Gasteiger partial charge < -0.3 is 35.6 Å². The van der Waals surface area contributed by atoms with Crippen LogP contribution in [-0.2, 0) is 32.1 Å². The highest BCUT2D eigenvalue weighted by Gasteiger charge is 2.38. The van der Waals surface area contributed by atoms with Gasteiger partial charge in [0.05, 0.1) is 19.0 Å². The number of aryl methyl sites for hydroxylation is 1. The minimum atomic E-state index is -0.652. The van der Waals surface area contributed by atoms with Gasteiger partial charge in [-0.25, -0.2) is 18.7 Å². The molecule has 1 aromatic heterocycles. The molecule has 3 N–H and O–H groups in total. The van der Waals surface area contributed by atoms with E-state index in [4.69, 9.17) is 16.6 Å². The van der Waals surface area contributed by atoms with E-state index >= 15 is 0 Å². The predicted molar refractivity (Wildman–Crippen MR) is 335 cm³/mol. The van der Waals surface area contributed by atoms with E-state index in [2.05, 4.69) is 61.3 Å². The number of amides is 5. The molecule has 5 heterocycles. The molecule has 4 atom stereocenters. The summed E-state index contributed by atoms with van der Waals surface area (Å²) in [6.45, 7) is 17.8. The second kappa shape index (κ2) is 30.4. The predicted octanol–water partition coefficient (Wildman–Crippen LogP) is 7.45. The molecule has 87 heavy (non-hydrogen) atoms. The van der Waals surface area contributed by atoms with Crippen molar-refractivity contribution in [3.05, 3.63) is 123 Å². The van der Waals surface area contributed by atoms with Crippen LogP contribution >= 0.6 is 11.6 Å². The molecule has 5 fully saturated rings. The van der Waals surface area contributed by atoms with Crippen LogP contribution in [0.5, 0.6) is 0 Å². The molecule has 470 valence electrons. The third kappa shape index (κ3) is 16.8. The number of halogens is 3. The normalized spacial score (nSPS) is 20.8. The van der Waals surface area contributed by atoms with Crippen LogP contribution < -0.4 is 20.9 Å². The Hall–Kier alpha value is -6.12. The number of nitrogens with one attached hydrogen (secondary N) is 3. The number of piperidine rings is 2. The minimum Gasteiger partial charge on any atom is -0.354 e. The average molecular weight is 1220 g/mol. The zero-order valence-corrected chi connectivity index (χ0v) is 52.1. The van der Waals surface area contributed by atoms with Crippen LogP contribution in [0.15, 0.2) is 73.1 Å². The van der Waals surface area contributed by atoms with Crippen molar-refractivity contribution in [1.82, 2.24) is 55.3 Å². The van der Waals surface area contributed by atoms with Gasteiger partial charge in [0.15, 0.2) is 0 Å². The Labute approximate surface area is 518 Å². The van der Waals surface area contributed by atoms with E-state index in [1.165, 1.54) is 17.7 Å². The van der Waals surface area contributed by atoms with Gasteiger partial charge in [-0.3, -0.25) is 38.7 Å². The van der Waals surface area contributed by atoms with Crippen LogP contribution in [0.1, 0.15) is 141 Å². The molecule has 3 aromatic carbocycles. The summed E-state index contributed by atoms with van der Waals surface area (Å²) in [6.07, 6.45) is 12.4. The molecule has 10 rings (SSSR count). The Morgan fingerprint density at radius 1 is 0.747 bits per heavy atom. The van der Waals surface area contributed by atoms with Crippen LogP contribution in [0.25, 0.3) is 0 Å². The zero-order chi connectivity index (χ0) is 61.0. The van der Waals surface area contributed by atoms with Crippen molar-refractivity contribution in [3.8, 4) is 0 Å². The first kappa shape index (κ1) is 63.9. The number of fused-ring (bicyclic) bond motifs is 1. The van der Waals surface area contributed by atoms with E-state index in [9.17, 15) is 32.8 Å². The Morgan fingerprint density at radius 2 is 1.48 bits per heavy atom. The number of anilines is 1. The van der Waals surface area contributed by atoms with Gasteiger partial charge in [0.25, 0.3) is 5.91 Å². The highest BCUT2D eigenvalue weighted by Crippen LogP contribution is 2.38. The van der Waals surface area contributed by atoms with Crippen LogP contribution in [0.4, 0.5) is 14.6 Å². The average Bonchev–Trinajstić information content (AvgIpc) is 3.31. The Bertz CT molecular complexity index is 2980. The molecule has 4 unspecified atom stereocenters. The van der Waals surface area contributed by atoms with Gasteiger partial charge in [0.1, 0.15) is 29.8 Å². The van der Waals surface area contributed by atoms with E-state index in [1.54, 1.807) is 12.4 Å². The third-order valence-electron chi connectivity index (χ3n) is 19.5. The van der Waals surface area contributed by atoms with Gasteiger partial charge in [-0.2, -0.15) is 0 Å². The molecule has 17 nitrogen and oxygen atoms in total. The largest absolute Gasteiger partial charge is 0.354 e. The van der Waals surface area contributed by atoms with E-state index in [0.717, 1.165) is 132 Å². The molecule has 4 saturated heterocycles. The van der Waals surface area contributed by atoms with Crippen molar-refractivity contribution in [1.29, 1.82) is 0 Å². The lowest BCUT2D eigenvalue weighted by Crippen LogP contribution is -2.57. The fourth-order valence-electron chi connectivity index (χ4n) is 14.3. The van der Waals surface area contributed by atoms with Crippen molar-refractivity contribution in [2.24, 2.45) is 11.8 Å². The van der Waals surface area contributed by atoms with Gasteiger partial charge in [0, 0.05) is 144 Å². The number of carbonyl (C=O) groups is 5. The van der Waals surface area contributed by atoms with Crippen molar-refractivity contribution in [2.45, 2.75) is 128 Å². The second-order valence-electron chi connectivity index (χ2n) is 25.7. The summed E-state index contributed by atoms with van der Waals surface area (Å²) in [5.74, 6) is 0.113. The number of benzene rings is 3. The smallest absolute Gasteiger partial charge is 0.251 e. The minimum absolute atomic E-state index is 0.00144. The Kier molecular flexibility index (Phi) is 22.3. The number of nitrogens with zero attached hydrogens (tertiary/aromatic N) is 9. The molecule has 4 aliphatic heterocycles. The van der Waals surface area contributed by atoms with E-state index in [0.29, 0.717) is 107 Å². The van der Waals surface area contributed by atoms with Crippen LogP contribution in [0.3, 0.4) is 0 Å². The Balaban J connectivity index is 0.647. The third-order valence-corrected chi connectivity index (χ3v) is 19.8. The van der Waals surface area contributed by atoms with Crippen molar-refractivity contribution < 1.29 is 32.8 Å². The van der Waals surface area contributed by atoms with E-state index in [-0.39, 0.29) is 60.5 Å². The molecule has 6 aliphatic rings. The van der Waals surface area contributed by atoms with E-state index < -0.39 is 23.6 Å². The Morgan fingerprint density at radius 3 is 2.22 bits per heavy atom. The van der Waals surface area contributed by atoms with Gasteiger partial charge >= 0.3 is 0 Å². The number of carbonyl (C=O) groups excluding carboxylic acids is 5. The molecule has 0 spiro atoms. The molecule has 2 aliphatic carbocycles. The monoisotopic (exact) mass is 1220 g/mol. The summed E-state index contributed by atoms with van der Waals surface area (Å²) in [4.78, 5) is 94.3. The first-order valence-electron chi connectivity index (χ1n) is 32.3. The maximum Gasteiger partial charge on any atom is 0.251 e. The van der Waals surface area contributed by atoms with Gasteiger partial charge in [-0.15, -0.1) is 0 Å². The van der Waals surface area contributed by atoms with E-state index in [1.807, 2.05) is 57.2 Å². The number of aromatic nitrogens is 2. The first-order chi connectivity index (χ1) is 42.1. The summed E-state index contributed by atoms with van der Waals surface area (Å²) in [5, 5.41) is 10.1. The summed E-state index contributed by atoms with van der Waals surface area (Å²) in [7, 11) is 0. The van der Waals surface area contributed by atoms with Crippen molar-refractivity contribution in [2.75, 3.05) is 123 Å². The lowest BCUT2D eigenvalue weighted by molar-refractivity contribution is -0.137. The fraction of sp³-hybridized carbons (Fsp3) is 0.597. The quantitative estimate of drug-likeness (QED) is 0.0712. The molecule has 5 amide bonds. The van der Waals surface area contributed by atoms with Crippen molar-refractivity contribution >= 4 is 47.0 Å². The highest BCUT2D eigenvalue weighted by atomic mass is 35.5. The van der Waals surface area contributed by atoms with Crippen LogP contribution in [0.2, 0.25) is 5.02 Å². The maximum atomic E-state index is 14.5. The SMILES string of the molecule is CC1CCc2ncnc(N3CCN(C(=O)C(CN(CCNC(=O)CN4CCC(CN5CCN(C(=O)C(NC(=O)c6cccc(C7CCCN(C(=O)CNCc8ccc(F)cc8F)C7)c6)C6CCCCC6)CC5)CC4)C(C)C)c4ccc(Cl)cc4)CC3)c21. The first-order valence-corrected chi connectivity index (χ1v) is 32.7. The molecule has 20 heteroatoms.